The molecule has 2 rings (SSSR count). The fraction of sp³-hybridized carbons (Fsp3) is 0.692. The van der Waals surface area contributed by atoms with Gasteiger partial charge in [-0.25, -0.2) is 9.79 Å². The van der Waals surface area contributed by atoms with Crippen LogP contribution >= 0.6 is 11.8 Å². The van der Waals surface area contributed by atoms with Crippen LogP contribution in [0.4, 0.5) is 4.79 Å². The first-order chi connectivity index (χ1) is 10.4. The molecule has 0 bridgehead atoms. The highest BCUT2D eigenvalue weighted by Crippen LogP contribution is 2.30. The lowest BCUT2D eigenvalue weighted by atomic mass is 10.1. The molecule has 0 spiro atoms. The van der Waals surface area contributed by atoms with Crippen LogP contribution in [0.5, 0.6) is 0 Å². The number of thioether (sulfide) groups is 1. The van der Waals surface area contributed by atoms with E-state index in [-0.39, 0.29) is 16.9 Å². The molecule has 3 amide bonds. The number of hydrogen-bond acceptors (Lipinski definition) is 7. The van der Waals surface area contributed by atoms with Crippen LogP contribution in [0.2, 0.25) is 0 Å². The number of ether oxygens (including phenoxy) is 1. The van der Waals surface area contributed by atoms with E-state index >= 15 is 0 Å². The molecular weight excluding hydrogens is 308 g/mol. The molecule has 0 aromatic carbocycles. The predicted molar refractivity (Wildman–Crippen MR) is 82.6 cm³/mol. The highest BCUT2D eigenvalue weighted by Gasteiger charge is 2.48. The second-order valence-corrected chi connectivity index (χ2v) is 6.54. The van der Waals surface area contributed by atoms with Crippen molar-refractivity contribution in [3.05, 3.63) is 0 Å². The maximum atomic E-state index is 12.2. The Morgan fingerprint density at radius 3 is 2.77 bits per heavy atom. The van der Waals surface area contributed by atoms with Gasteiger partial charge in [-0.15, -0.1) is 0 Å². The summed E-state index contributed by atoms with van der Waals surface area (Å²) in [5.74, 6) is -0.345. The predicted octanol–water partition coefficient (Wildman–Crippen LogP) is -0.109. The number of aliphatic imine (C=N–C) groups is 1. The van der Waals surface area contributed by atoms with Crippen LogP contribution < -0.4 is 5.32 Å². The summed E-state index contributed by atoms with van der Waals surface area (Å²) in [6.45, 7) is 4.19. The lowest BCUT2D eigenvalue weighted by Crippen LogP contribution is -2.63. The number of amidine groups is 1. The Bertz CT molecular complexity index is 524. The second-order valence-electron chi connectivity index (χ2n) is 5.23. The van der Waals surface area contributed by atoms with Crippen molar-refractivity contribution in [2.75, 3.05) is 27.3 Å². The summed E-state index contributed by atoms with van der Waals surface area (Å²) >= 11 is 1.30. The van der Waals surface area contributed by atoms with E-state index in [9.17, 15) is 14.4 Å². The van der Waals surface area contributed by atoms with E-state index in [1.807, 2.05) is 0 Å². The first-order valence-electron chi connectivity index (χ1n) is 6.95. The number of ketones is 1. The molecule has 0 saturated carbocycles. The molecule has 3 unspecified atom stereocenters. The topological polar surface area (TPSA) is 91.3 Å². The van der Waals surface area contributed by atoms with E-state index < -0.39 is 18.2 Å². The Hall–Kier alpha value is -1.61. The minimum absolute atomic E-state index is 0.0307. The van der Waals surface area contributed by atoms with Crippen molar-refractivity contribution < 1.29 is 19.1 Å². The molecule has 2 aliphatic rings. The van der Waals surface area contributed by atoms with Gasteiger partial charge in [-0.3, -0.25) is 14.9 Å². The third-order valence-corrected chi connectivity index (χ3v) is 4.95. The SMILES string of the molecule is COCCN1C(SC(C)C(C)=O)=NC2C1C(=O)NC(=O)N2C. The number of Topliss-reactive ketones (excluding diaryl/α,β-unsaturated/α-hetero) is 1. The standard InChI is InChI=1S/C13H20N4O4S/c1-7(18)8(2)22-13-14-10-9(17(13)5-6-21-4)11(19)15-12(20)16(10)3/h8-10H,5-6H2,1-4H3,(H,15,19,20). The first-order valence-corrected chi connectivity index (χ1v) is 7.83. The van der Waals surface area contributed by atoms with Gasteiger partial charge in [0, 0.05) is 20.7 Å². The van der Waals surface area contributed by atoms with Crippen LogP contribution in [-0.4, -0.2) is 77.5 Å². The number of nitrogens with zero attached hydrogens (tertiary/aromatic N) is 3. The molecule has 3 atom stereocenters. The fourth-order valence-electron chi connectivity index (χ4n) is 2.26. The van der Waals surface area contributed by atoms with E-state index in [0.717, 1.165) is 0 Å². The van der Waals surface area contributed by atoms with Crippen molar-refractivity contribution in [3.63, 3.8) is 0 Å². The van der Waals surface area contributed by atoms with E-state index in [1.165, 1.54) is 23.6 Å². The second kappa shape index (κ2) is 6.66. The van der Waals surface area contributed by atoms with Crippen molar-refractivity contribution in [2.45, 2.75) is 31.3 Å². The molecule has 22 heavy (non-hydrogen) atoms. The Kier molecular flexibility index (Phi) is 5.07. The van der Waals surface area contributed by atoms with Gasteiger partial charge >= 0.3 is 6.03 Å². The van der Waals surface area contributed by atoms with E-state index in [2.05, 4.69) is 10.3 Å². The smallest absolute Gasteiger partial charge is 0.325 e. The molecule has 122 valence electrons. The van der Waals surface area contributed by atoms with Gasteiger partial charge in [-0.05, 0) is 13.8 Å². The maximum Gasteiger partial charge on any atom is 0.325 e. The summed E-state index contributed by atoms with van der Waals surface area (Å²) in [7, 11) is 3.17. The van der Waals surface area contributed by atoms with Crippen molar-refractivity contribution in [1.82, 2.24) is 15.1 Å². The quantitative estimate of drug-likeness (QED) is 0.757. The molecule has 8 nitrogen and oxygen atoms in total. The van der Waals surface area contributed by atoms with Crippen molar-refractivity contribution in [3.8, 4) is 0 Å². The molecule has 1 fully saturated rings. The van der Waals surface area contributed by atoms with E-state index in [1.54, 1.807) is 26.0 Å². The average Bonchev–Trinajstić information content (AvgIpc) is 2.81. The number of imide groups is 1. The number of methoxy groups -OCH3 is 1. The molecule has 2 heterocycles. The Balaban J connectivity index is 2.26. The zero-order valence-corrected chi connectivity index (χ0v) is 13.8. The number of rotatable bonds is 5. The number of likely N-dealkylation sites (N-methyl/N-ethyl adjacent to an activating group) is 1. The molecule has 1 saturated heterocycles. The van der Waals surface area contributed by atoms with Crippen LogP contribution in [0.25, 0.3) is 0 Å². The summed E-state index contributed by atoms with van der Waals surface area (Å²) in [6, 6.07) is -1.05. The van der Waals surface area contributed by atoms with Crippen LogP contribution in [0, 0.1) is 0 Å². The lowest BCUT2D eigenvalue weighted by molar-refractivity contribution is -0.127. The third-order valence-electron chi connectivity index (χ3n) is 3.71. The van der Waals surface area contributed by atoms with Gasteiger partial charge in [0.25, 0.3) is 5.91 Å². The molecule has 0 aromatic rings. The maximum absolute atomic E-state index is 12.2. The summed E-state index contributed by atoms with van der Waals surface area (Å²) in [5, 5.41) is 2.64. The van der Waals surface area contributed by atoms with Gasteiger partial charge in [0.1, 0.15) is 5.78 Å². The monoisotopic (exact) mass is 328 g/mol. The highest BCUT2D eigenvalue weighted by atomic mass is 32.2. The number of fused-ring (bicyclic) bond motifs is 1. The number of carbonyl (C=O) groups excluding carboxylic acids is 3. The number of hydrogen-bond donors (Lipinski definition) is 1. The highest BCUT2D eigenvalue weighted by molar-refractivity contribution is 8.14. The summed E-state index contributed by atoms with van der Waals surface area (Å²) in [4.78, 5) is 43.1. The van der Waals surface area contributed by atoms with E-state index in [4.69, 9.17) is 4.74 Å². The largest absolute Gasteiger partial charge is 0.383 e. The Labute approximate surface area is 133 Å². The zero-order chi connectivity index (χ0) is 16.4. The zero-order valence-electron chi connectivity index (χ0n) is 13.0. The summed E-state index contributed by atoms with van der Waals surface area (Å²) in [6.07, 6.45) is -0.570. The molecule has 0 aliphatic carbocycles. The van der Waals surface area contributed by atoms with Gasteiger partial charge in [0.15, 0.2) is 17.4 Å². The van der Waals surface area contributed by atoms with Gasteiger partial charge in [-0.1, -0.05) is 11.8 Å². The third kappa shape index (κ3) is 3.09. The van der Waals surface area contributed by atoms with Crippen LogP contribution in [-0.2, 0) is 14.3 Å². The summed E-state index contributed by atoms with van der Waals surface area (Å²) in [5.41, 5.74) is 0. The average molecular weight is 328 g/mol. The Morgan fingerprint density at radius 2 is 2.18 bits per heavy atom. The molecule has 0 radical (unpaired) electrons. The van der Waals surface area contributed by atoms with E-state index in [0.29, 0.717) is 18.3 Å². The first kappa shape index (κ1) is 16.8. The van der Waals surface area contributed by atoms with Crippen LogP contribution in [0.3, 0.4) is 0 Å². The number of nitrogens with one attached hydrogen (secondary N) is 1. The van der Waals surface area contributed by atoms with Crippen molar-refractivity contribution in [1.29, 1.82) is 0 Å². The molecule has 0 aromatic heterocycles. The van der Waals surface area contributed by atoms with Crippen molar-refractivity contribution >= 4 is 34.7 Å². The molecule has 9 heteroatoms. The van der Waals surface area contributed by atoms with Gasteiger partial charge in [0.2, 0.25) is 0 Å². The van der Waals surface area contributed by atoms with Gasteiger partial charge < -0.3 is 14.5 Å². The Morgan fingerprint density at radius 1 is 1.50 bits per heavy atom. The number of amides is 3. The summed E-state index contributed by atoms with van der Waals surface area (Å²) < 4.78 is 5.08. The minimum Gasteiger partial charge on any atom is -0.383 e. The molecule has 1 N–H and O–H groups in total. The minimum atomic E-state index is -0.584. The normalized spacial score (nSPS) is 25.7. The lowest BCUT2D eigenvalue weighted by Gasteiger charge is -2.36. The molecular formula is C13H20N4O4S. The van der Waals surface area contributed by atoms with Gasteiger partial charge in [-0.2, -0.15) is 0 Å². The van der Waals surface area contributed by atoms with Crippen LogP contribution in [0.15, 0.2) is 4.99 Å². The fourth-order valence-corrected chi connectivity index (χ4v) is 3.26. The molecule has 2 aliphatic heterocycles. The van der Waals surface area contributed by atoms with Crippen LogP contribution in [0.1, 0.15) is 13.8 Å². The van der Waals surface area contributed by atoms with Gasteiger partial charge in [0.05, 0.1) is 11.9 Å². The van der Waals surface area contributed by atoms with Crippen molar-refractivity contribution in [2.24, 2.45) is 4.99 Å². The number of carbonyl (C=O) groups is 3. The number of urea groups is 1.